The molecule has 1 aromatic rings. The molecule has 2 nitrogen and oxygen atoms in total. The molecule has 0 amide bonds. The van der Waals surface area contributed by atoms with Gasteiger partial charge in [-0.25, -0.2) is 4.39 Å². The molecule has 0 saturated heterocycles. The third kappa shape index (κ3) is 2.78. The van der Waals surface area contributed by atoms with Gasteiger partial charge in [0.25, 0.3) is 0 Å². The molecule has 0 aliphatic rings. The predicted molar refractivity (Wildman–Crippen MR) is 52.5 cm³/mol. The van der Waals surface area contributed by atoms with Gasteiger partial charge in [-0.05, 0) is 24.1 Å². The van der Waals surface area contributed by atoms with Crippen molar-refractivity contribution in [2.24, 2.45) is 0 Å². The fourth-order valence-electron chi connectivity index (χ4n) is 1.04. The minimum absolute atomic E-state index is 0.0595. The number of hydrogen-bond acceptors (Lipinski definition) is 2. The highest BCUT2D eigenvalue weighted by atomic mass is 19.1. The van der Waals surface area contributed by atoms with E-state index in [1.807, 2.05) is 0 Å². The molecule has 0 aliphatic carbocycles. The summed E-state index contributed by atoms with van der Waals surface area (Å²) in [5.74, 6) is -0.522. The van der Waals surface area contributed by atoms with Crippen molar-refractivity contribution in [2.75, 3.05) is 6.61 Å². The molecule has 1 rings (SSSR count). The summed E-state index contributed by atoms with van der Waals surface area (Å²) in [4.78, 5) is 10.3. The van der Waals surface area contributed by atoms with Gasteiger partial charge in [0, 0.05) is 6.61 Å². The van der Waals surface area contributed by atoms with Crippen molar-refractivity contribution in [3.63, 3.8) is 0 Å². The van der Waals surface area contributed by atoms with Gasteiger partial charge in [0.05, 0.1) is 5.56 Å². The molecule has 0 radical (unpaired) electrons. The maximum Gasteiger partial charge on any atom is 0.152 e. The third-order valence-electron chi connectivity index (χ3n) is 1.76. The van der Waals surface area contributed by atoms with E-state index < -0.39 is 5.82 Å². The summed E-state index contributed by atoms with van der Waals surface area (Å²) in [5, 5.41) is 8.51. The minimum atomic E-state index is -0.522. The Labute approximate surface area is 81.7 Å². The van der Waals surface area contributed by atoms with Gasteiger partial charge in [-0.15, -0.1) is 0 Å². The molecule has 3 heteroatoms. The summed E-state index contributed by atoms with van der Waals surface area (Å²) >= 11 is 0. The zero-order chi connectivity index (χ0) is 10.4. The van der Waals surface area contributed by atoms with Crippen LogP contribution in [0.3, 0.4) is 0 Å². The topological polar surface area (TPSA) is 37.3 Å². The minimum Gasteiger partial charge on any atom is -0.396 e. The van der Waals surface area contributed by atoms with Gasteiger partial charge < -0.3 is 5.11 Å². The van der Waals surface area contributed by atoms with Crippen LogP contribution in [-0.4, -0.2) is 18.0 Å². The first-order valence-electron chi connectivity index (χ1n) is 4.30. The number of benzene rings is 1. The number of aliphatic hydroxyl groups is 1. The summed E-state index contributed by atoms with van der Waals surface area (Å²) in [6.45, 7) is 0.0748. The molecule has 0 atom stereocenters. The molecule has 0 saturated carbocycles. The van der Waals surface area contributed by atoms with E-state index in [0.29, 0.717) is 18.3 Å². The smallest absolute Gasteiger partial charge is 0.152 e. The Kier molecular flexibility index (Phi) is 4.01. The Morgan fingerprint density at radius 1 is 1.43 bits per heavy atom. The van der Waals surface area contributed by atoms with E-state index in [4.69, 9.17) is 5.11 Å². The molecule has 0 aliphatic heterocycles. The van der Waals surface area contributed by atoms with Gasteiger partial charge in [-0.2, -0.15) is 0 Å². The summed E-state index contributed by atoms with van der Waals surface area (Å²) in [6, 6.07) is 4.37. The molecule has 0 unspecified atom stereocenters. The first-order valence-corrected chi connectivity index (χ1v) is 4.30. The monoisotopic (exact) mass is 194 g/mol. The molecule has 1 N–H and O–H groups in total. The number of carbonyl (C=O) groups excluding carboxylic acids is 1. The van der Waals surface area contributed by atoms with Crippen LogP contribution < -0.4 is 0 Å². The molecule has 14 heavy (non-hydrogen) atoms. The summed E-state index contributed by atoms with van der Waals surface area (Å²) in [6.07, 6.45) is 4.47. The molecular weight excluding hydrogens is 183 g/mol. The molecule has 0 aromatic heterocycles. The van der Waals surface area contributed by atoms with E-state index in [1.54, 1.807) is 18.2 Å². The zero-order valence-electron chi connectivity index (χ0n) is 7.61. The van der Waals surface area contributed by atoms with Gasteiger partial charge in [-0.3, -0.25) is 4.79 Å². The Bertz CT molecular complexity index is 345. The van der Waals surface area contributed by atoms with Crippen molar-refractivity contribution in [1.82, 2.24) is 0 Å². The van der Waals surface area contributed by atoms with Gasteiger partial charge >= 0.3 is 0 Å². The van der Waals surface area contributed by atoms with Crippen LogP contribution in [-0.2, 0) is 0 Å². The molecule has 0 fully saturated rings. The van der Waals surface area contributed by atoms with Crippen molar-refractivity contribution in [3.05, 3.63) is 41.2 Å². The fraction of sp³-hybridized carbons (Fsp3) is 0.182. The largest absolute Gasteiger partial charge is 0.396 e. The van der Waals surface area contributed by atoms with E-state index >= 15 is 0 Å². The Morgan fingerprint density at radius 2 is 2.21 bits per heavy atom. The van der Waals surface area contributed by atoms with Gasteiger partial charge in [0.1, 0.15) is 5.82 Å². The van der Waals surface area contributed by atoms with E-state index in [2.05, 4.69) is 0 Å². The average Bonchev–Trinajstić information content (AvgIpc) is 2.18. The van der Waals surface area contributed by atoms with Crippen LogP contribution in [0.15, 0.2) is 24.3 Å². The highest BCUT2D eigenvalue weighted by Crippen LogP contribution is 2.10. The normalized spacial score (nSPS) is 10.7. The number of hydrogen-bond donors (Lipinski definition) is 1. The number of aldehydes is 1. The molecule has 1 aromatic carbocycles. The lowest BCUT2D eigenvalue weighted by molar-refractivity contribution is 0.112. The van der Waals surface area contributed by atoms with Crippen LogP contribution in [0.2, 0.25) is 0 Å². The predicted octanol–water partition coefficient (Wildman–Crippen LogP) is 2.03. The van der Waals surface area contributed by atoms with Crippen LogP contribution in [0.5, 0.6) is 0 Å². The van der Waals surface area contributed by atoms with Crippen molar-refractivity contribution < 1.29 is 14.3 Å². The number of rotatable bonds is 4. The van der Waals surface area contributed by atoms with Crippen LogP contribution in [0, 0.1) is 5.82 Å². The van der Waals surface area contributed by atoms with Crippen molar-refractivity contribution in [3.8, 4) is 0 Å². The lowest BCUT2D eigenvalue weighted by Crippen LogP contribution is -1.87. The maximum absolute atomic E-state index is 13.0. The van der Waals surface area contributed by atoms with Gasteiger partial charge in [-0.1, -0.05) is 18.2 Å². The molecular formula is C11H11FO2. The second-order valence-electron chi connectivity index (χ2n) is 2.81. The van der Waals surface area contributed by atoms with E-state index in [1.165, 1.54) is 12.1 Å². The number of aliphatic hydroxyl groups excluding tert-OH is 1. The highest BCUT2D eigenvalue weighted by molar-refractivity contribution is 5.75. The summed E-state index contributed by atoms with van der Waals surface area (Å²) in [7, 11) is 0. The second kappa shape index (κ2) is 5.29. The first-order chi connectivity index (χ1) is 6.77. The van der Waals surface area contributed by atoms with E-state index in [-0.39, 0.29) is 12.2 Å². The standard InChI is InChI=1S/C11H11FO2/c12-11-7-9(3-1-2-6-13)4-5-10(11)8-14/h1,3-5,7-8,13H,2,6H2. The SMILES string of the molecule is O=Cc1ccc(C=CCCO)cc1F. The van der Waals surface area contributed by atoms with Crippen LogP contribution >= 0.6 is 0 Å². The number of halogens is 1. The Hall–Kier alpha value is -1.48. The number of carbonyl (C=O) groups is 1. The molecule has 0 spiro atoms. The zero-order valence-corrected chi connectivity index (χ0v) is 7.61. The van der Waals surface area contributed by atoms with Gasteiger partial charge in [0.15, 0.2) is 6.29 Å². The average molecular weight is 194 g/mol. The van der Waals surface area contributed by atoms with Gasteiger partial charge in [0.2, 0.25) is 0 Å². The lowest BCUT2D eigenvalue weighted by Gasteiger charge is -1.96. The fourth-order valence-corrected chi connectivity index (χ4v) is 1.04. The first kappa shape index (κ1) is 10.6. The third-order valence-corrected chi connectivity index (χ3v) is 1.76. The molecule has 0 bridgehead atoms. The van der Waals surface area contributed by atoms with E-state index in [0.717, 1.165) is 0 Å². The van der Waals surface area contributed by atoms with Crippen LogP contribution in [0.4, 0.5) is 4.39 Å². The Balaban J connectivity index is 2.81. The highest BCUT2D eigenvalue weighted by Gasteiger charge is 1.99. The Morgan fingerprint density at radius 3 is 2.79 bits per heavy atom. The summed E-state index contributed by atoms with van der Waals surface area (Å²) in [5.41, 5.74) is 0.742. The van der Waals surface area contributed by atoms with Crippen molar-refractivity contribution in [1.29, 1.82) is 0 Å². The molecule has 0 heterocycles. The van der Waals surface area contributed by atoms with Crippen LogP contribution in [0.25, 0.3) is 6.08 Å². The quantitative estimate of drug-likeness (QED) is 0.744. The molecule has 74 valence electrons. The van der Waals surface area contributed by atoms with Crippen molar-refractivity contribution >= 4 is 12.4 Å². The maximum atomic E-state index is 13.0. The van der Waals surface area contributed by atoms with Crippen LogP contribution in [0.1, 0.15) is 22.3 Å². The van der Waals surface area contributed by atoms with Crippen molar-refractivity contribution in [2.45, 2.75) is 6.42 Å². The second-order valence-corrected chi connectivity index (χ2v) is 2.81. The van der Waals surface area contributed by atoms with E-state index in [9.17, 15) is 9.18 Å². The lowest BCUT2D eigenvalue weighted by atomic mass is 10.1. The summed E-state index contributed by atoms with van der Waals surface area (Å²) < 4.78 is 13.0.